The van der Waals surface area contributed by atoms with Crippen LogP contribution in [0.3, 0.4) is 0 Å². The number of aromatic nitrogens is 2. The average Bonchev–Trinajstić information content (AvgIpc) is 2.66. The maximum atomic E-state index is 5.36. The molecule has 90 valence electrons. The Morgan fingerprint density at radius 1 is 1.56 bits per heavy atom. The molecule has 2 heterocycles. The Morgan fingerprint density at radius 2 is 2.38 bits per heavy atom. The van der Waals surface area contributed by atoms with Crippen molar-refractivity contribution < 1.29 is 4.52 Å². The Bertz CT molecular complexity index is 351. The molecule has 1 aromatic heterocycles. The Kier molecular flexibility index (Phi) is 3.54. The van der Waals surface area contributed by atoms with E-state index in [1.54, 1.807) is 11.8 Å². The zero-order valence-electron chi connectivity index (χ0n) is 10.1. The molecule has 1 saturated heterocycles. The van der Waals surface area contributed by atoms with Crippen molar-refractivity contribution in [2.45, 2.75) is 38.5 Å². The molecule has 1 fully saturated rings. The SMILES string of the molecule is CSCc1noc(C2NCCCC2(C)C)n1. The fraction of sp³-hybridized carbons (Fsp3) is 0.818. The normalized spacial score (nSPS) is 24.6. The van der Waals surface area contributed by atoms with Crippen LogP contribution in [0.5, 0.6) is 0 Å². The molecule has 0 aromatic carbocycles. The van der Waals surface area contributed by atoms with Gasteiger partial charge >= 0.3 is 0 Å². The largest absolute Gasteiger partial charge is 0.338 e. The van der Waals surface area contributed by atoms with Crippen LogP contribution in [0.2, 0.25) is 0 Å². The molecular weight excluding hydrogens is 222 g/mol. The van der Waals surface area contributed by atoms with E-state index in [1.165, 1.54) is 12.8 Å². The third-order valence-corrected chi connectivity index (χ3v) is 3.68. The van der Waals surface area contributed by atoms with Gasteiger partial charge in [-0.25, -0.2) is 0 Å². The van der Waals surface area contributed by atoms with Crippen molar-refractivity contribution in [1.29, 1.82) is 0 Å². The van der Waals surface area contributed by atoms with Gasteiger partial charge in [-0.3, -0.25) is 0 Å². The molecule has 0 bridgehead atoms. The highest BCUT2D eigenvalue weighted by molar-refractivity contribution is 7.97. The molecule has 1 unspecified atom stereocenters. The van der Waals surface area contributed by atoms with Crippen molar-refractivity contribution in [3.05, 3.63) is 11.7 Å². The first kappa shape index (κ1) is 11.9. The molecule has 16 heavy (non-hydrogen) atoms. The predicted molar refractivity (Wildman–Crippen MR) is 65.3 cm³/mol. The number of nitrogens with zero attached hydrogens (tertiary/aromatic N) is 2. The van der Waals surface area contributed by atoms with Gasteiger partial charge in [0.25, 0.3) is 0 Å². The lowest BCUT2D eigenvalue weighted by Crippen LogP contribution is -2.39. The standard InChI is InChI=1S/C11H19N3OS/c1-11(2)5-4-6-12-9(11)10-13-8(7-16-3)14-15-10/h9,12H,4-7H2,1-3H3. The molecule has 0 saturated carbocycles. The molecule has 5 heteroatoms. The van der Waals surface area contributed by atoms with E-state index in [4.69, 9.17) is 4.52 Å². The van der Waals surface area contributed by atoms with Crippen LogP contribution in [0, 0.1) is 5.41 Å². The summed E-state index contributed by atoms with van der Waals surface area (Å²) in [6.07, 6.45) is 4.46. The van der Waals surface area contributed by atoms with Gasteiger partial charge < -0.3 is 9.84 Å². The molecule has 0 amide bonds. The maximum absolute atomic E-state index is 5.36. The van der Waals surface area contributed by atoms with Crippen LogP contribution in [0.1, 0.15) is 44.4 Å². The van der Waals surface area contributed by atoms with Gasteiger partial charge in [-0.15, -0.1) is 0 Å². The second kappa shape index (κ2) is 4.75. The predicted octanol–water partition coefficient (Wildman–Crippen LogP) is 2.38. The van der Waals surface area contributed by atoms with E-state index in [9.17, 15) is 0 Å². The quantitative estimate of drug-likeness (QED) is 0.880. The summed E-state index contributed by atoms with van der Waals surface area (Å²) in [7, 11) is 0. The van der Waals surface area contributed by atoms with Crippen molar-refractivity contribution in [3.63, 3.8) is 0 Å². The first-order valence-corrected chi connectivity index (χ1v) is 7.07. The van der Waals surface area contributed by atoms with Gasteiger partial charge in [-0.05, 0) is 31.1 Å². The Morgan fingerprint density at radius 3 is 3.06 bits per heavy atom. The lowest BCUT2D eigenvalue weighted by molar-refractivity contribution is 0.146. The highest BCUT2D eigenvalue weighted by Crippen LogP contribution is 2.39. The smallest absolute Gasteiger partial charge is 0.244 e. The van der Waals surface area contributed by atoms with Crippen LogP contribution in [0.25, 0.3) is 0 Å². The molecule has 0 aliphatic carbocycles. The van der Waals surface area contributed by atoms with E-state index in [1.807, 2.05) is 6.26 Å². The Hall–Kier alpha value is -0.550. The second-order valence-corrected chi connectivity index (χ2v) is 5.83. The highest BCUT2D eigenvalue weighted by atomic mass is 32.2. The van der Waals surface area contributed by atoms with Gasteiger partial charge in [0.1, 0.15) is 0 Å². The molecule has 1 N–H and O–H groups in total. The summed E-state index contributed by atoms with van der Waals surface area (Å²) in [4.78, 5) is 4.46. The third-order valence-electron chi connectivity index (χ3n) is 3.13. The van der Waals surface area contributed by atoms with Crippen molar-refractivity contribution >= 4 is 11.8 Å². The van der Waals surface area contributed by atoms with Crippen LogP contribution in [-0.2, 0) is 5.75 Å². The van der Waals surface area contributed by atoms with Crippen molar-refractivity contribution in [1.82, 2.24) is 15.5 Å². The molecule has 0 spiro atoms. The number of thioether (sulfide) groups is 1. The fourth-order valence-electron chi connectivity index (χ4n) is 2.21. The van der Waals surface area contributed by atoms with Crippen LogP contribution in [0.4, 0.5) is 0 Å². The van der Waals surface area contributed by atoms with Gasteiger partial charge in [0.05, 0.1) is 11.8 Å². The van der Waals surface area contributed by atoms with Gasteiger partial charge in [-0.2, -0.15) is 16.7 Å². The molecular formula is C11H19N3OS. The van der Waals surface area contributed by atoms with Crippen LogP contribution < -0.4 is 5.32 Å². The molecule has 0 radical (unpaired) electrons. The molecule has 1 aromatic rings. The first-order valence-electron chi connectivity index (χ1n) is 5.68. The minimum atomic E-state index is 0.196. The number of rotatable bonds is 3. The summed E-state index contributed by atoms with van der Waals surface area (Å²) in [5.41, 5.74) is 0.196. The minimum Gasteiger partial charge on any atom is -0.338 e. The monoisotopic (exact) mass is 241 g/mol. The topological polar surface area (TPSA) is 51.0 Å². The number of piperidine rings is 1. The van der Waals surface area contributed by atoms with Gasteiger partial charge in [-0.1, -0.05) is 19.0 Å². The minimum absolute atomic E-state index is 0.196. The van der Waals surface area contributed by atoms with E-state index in [0.29, 0.717) is 0 Å². The van der Waals surface area contributed by atoms with Gasteiger partial charge in [0, 0.05) is 0 Å². The molecule has 1 atom stereocenters. The number of hydrogen-bond donors (Lipinski definition) is 1. The zero-order chi connectivity index (χ0) is 11.6. The summed E-state index contributed by atoms with van der Waals surface area (Å²) in [5, 5.41) is 7.48. The fourth-order valence-corrected chi connectivity index (χ4v) is 2.58. The summed E-state index contributed by atoms with van der Waals surface area (Å²) < 4.78 is 5.36. The average molecular weight is 241 g/mol. The summed E-state index contributed by atoms with van der Waals surface area (Å²) in [6.45, 7) is 5.54. The van der Waals surface area contributed by atoms with Crippen molar-refractivity contribution in [2.24, 2.45) is 5.41 Å². The molecule has 2 rings (SSSR count). The van der Waals surface area contributed by atoms with Crippen LogP contribution >= 0.6 is 11.8 Å². The van der Waals surface area contributed by atoms with E-state index in [2.05, 4.69) is 29.3 Å². The molecule has 1 aliphatic rings. The van der Waals surface area contributed by atoms with E-state index in [-0.39, 0.29) is 11.5 Å². The number of hydrogen-bond acceptors (Lipinski definition) is 5. The van der Waals surface area contributed by atoms with E-state index in [0.717, 1.165) is 24.0 Å². The third kappa shape index (κ3) is 2.40. The molecule has 4 nitrogen and oxygen atoms in total. The maximum Gasteiger partial charge on any atom is 0.244 e. The number of nitrogens with one attached hydrogen (secondary N) is 1. The van der Waals surface area contributed by atoms with Gasteiger partial charge in [0.2, 0.25) is 5.89 Å². The lowest BCUT2D eigenvalue weighted by Gasteiger charge is -2.36. The highest BCUT2D eigenvalue weighted by Gasteiger charge is 2.36. The molecule has 1 aliphatic heterocycles. The van der Waals surface area contributed by atoms with E-state index >= 15 is 0 Å². The summed E-state index contributed by atoms with van der Waals surface area (Å²) in [5.74, 6) is 2.36. The van der Waals surface area contributed by atoms with Crippen molar-refractivity contribution in [3.8, 4) is 0 Å². The summed E-state index contributed by atoms with van der Waals surface area (Å²) in [6, 6.07) is 0.198. The van der Waals surface area contributed by atoms with E-state index < -0.39 is 0 Å². The lowest BCUT2D eigenvalue weighted by atomic mass is 9.77. The Balaban J connectivity index is 2.15. The van der Waals surface area contributed by atoms with Crippen molar-refractivity contribution in [2.75, 3.05) is 12.8 Å². The zero-order valence-corrected chi connectivity index (χ0v) is 10.9. The first-order chi connectivity index (χ1) is 7.63. The van der Waals surface area contributed by atoms with Gasteiger partial charge in [0.15, 0.2) is 5.82 Å². The Labute approximate surface area is 101 Å². The van der Waals surface area contributed by atoms with Crippen LogP contribution in [-0.4, -0.2) is 22.9 Å². The van der Waals surface area contributed by atoms with Crippen LogP contribution in [0.15, 0.2) is 4.52 Å². The summed E-state index contributed by atoms with van der Waals surface area (Å²) >= 11 is 1.71. The second-order valence-electron chi connectivity index (χ2n) is 4.96.